The number of carbonyl (C=O) groups is 2. The predicted molar refractivity (Wildman–Crippen MR) is 57.0 cm³/mol. The Bertz CT molecular complexity index is 270. The minimum absolute atomic E-state index is 0.405. The SMILES string of the molecule is CCC1CCN(C(=O)NC(CO)C(=O)O)C1. The van der Waals surface area contributed by atoms with Gasteiger partial charge in [0.1, 0.15) is 0 Å². The van der Waals surface area contributed by atoms with Crippen molar-refractivity contribution in [3.05, 3.63) is 0 Å². The summed E-state index contributed by atoms with van der Waals surface area (Å²) in [6.07, 6.45) is 1.98. The van der Waals surface area contributed by atoms with Crippen molar-refractivity contribution in [2.45, 2.75) is 25.8 Å². The standard InChI is InChI=1S/C10H18N2O4/c1-2-7-3-4-12(5-7)10(16)11-8(6-13)9(14)15/h7-8,13H,2-6H2,1H3,(H,11,16)(H,14,15). The van der Waals surface area contributed by atoms with Gasteiger partial charge in [-0.05, 0) is 12.3 Å². The molecule has 0 spiro atoms. The first kappa shape index (κ1) is 12.8. The smallest absolute Gasteiger partial charge is 0.328 e. The van der Waals surface area contributed by atoms with E-state index in [9.17, 15) is 9.59 Å². The van der Waals surface area contributed by atoms with Gasteiger partial charge >= 0.3 is 12.0 Å². The summed E-state index contributed by atoms with van der Waals surface area (Å²) in [4.78, 5) is 23.8. The lowest BCUT2D eigenvalue weighted by atomic mass is 10.1. The van der Waals surface area contributed by atoms with Crippen LogP contribution in [0.3, 0.4) is 0 Å². The van der Waals surface area contributed by atoms with Crippen molar-refractivity contribution in [2.24, 2.45) is 5.92 Å². The van der Waals surface area contributed by atoms with Crippen molar-refractivity contribution in [3.63, 3.8) is 0 Å². The number of aliphatic hydroxyl groups is 1. The van der Waals surface area contributed by atoms with Gasteiger partial charge in [-0.15, -0.1) is 0 Å². The molecule has 16 heavy (non-hydrogen) atoms. The first-order chi connectivity index (χ1) is 7.58. The lowest BCUT2D eigenvalue weighted by Crippen LogP contribution is -2.48. The van der Waals surface area contributed by atoms with Gasteiger partial charge in [-0.2, -0.15) is 0 Å². The van der Waals surface area contributed by atoms with Crippen LogP contribution in [-0.2, 0) is 4.79 Å². The summed E-state index contributed by atoms with van der Waals surface area (Å²) in [6, 6.07) is -1.62. The van der Waals surface area contributed by atoms with Gasteiger partial charge in [0.15, 0.2) is 6.04 Å². The number of urea groups is 1. The summed E-state index contributed by atoms with van der Waals surface area (Å²) in [5, 5.41) is 19.7. The summed E-state index contributed by atoms with van der Waals surface area (Å²) in [5.41, 5.74) is 0. The molecular weight excluding hydrogens is 212 g/mol. The van der Waals surface area contributed by atoms with Crippen molar-refractivity contribution >= 4 is 12.0 Å². The molecule has 1 rings (SSSR count). The summed E-state index contributed by atoms with van der Waals surface area (Å²) < 4.78 is 0. The topological polar surface area (TPSA) is 89.9 Å². The maximum Gasteiger partial charge on any atom is 0.328 e. The minimum Gasteiger partial charge on any atom is -0.480 e. The molecule has 0 aliphatic carbocycles. The Labute approximate surface area is 94.2 Å². The molecule has 1 aliphatic heterocycles. The number of carboxylic acids is 1. The van der Waals surface area contributed by atoms with Crippen molar-refractivity contribution in [2.75, 3.05) is 19.7 Å². The molecule has 0 aromatic carbocycles. The van der Waals surface area contributed by atoms with E-state index in [-0.39, 0.29) is 0 Å². The third-order valence-electron chi connectivity index (χ3n) is 2.93. The Hall–Kier alpha value is -1.30. The normalized spacial score (nSPS) is 21.9. The average molecular weight is 230 g/mol. The van der Waals surface area contributed by atoms with Gasteiger partial charge in [0.05, 0.1) is 6.61 Å². The zero-order valence-electron chi connectivity index (χ0n) is 9.35. The second-order valence-electron chi connectivity index (χ2n) is 4.03. The van der Waals surface area contributed by atoms with E-state index >= 15 is 0 Å². The van der Waals surface area contributed by atoms with Crippen LogP contribution in [0.1, 0.15) is 19.8 Å². The van der Waals surface area contributed by atoms with Gasteiger partial charge < -0.3 is 20.4 Å². The largest absolute Gasteiger partial charge is 0.480 e. The molecule has 1 heterocycles. The van der Waals surface area contributed by atoms with Gasteiger partial charge in [-0.1, -0.05) is 13.3 Å². The summed E-state index contributed by atoms with van der Waals surface area (Å²) >= 11 is 0. The van der Waals surface area contributed by atoms with E-state index in [1.165, 1.54) is 0 Å². The van der Waals surface area contributed by atoms with Crippen LogP contribution >= 0.6 is 0 Å². The quantitative estimate of drug-likeness (QED) is 0.627. The maximum atomic E-state index is 11.6. The highest BCUT2D eigenvalue weighted by Crippen LogP contribution is 2.18. The van der Waals surface area contributed by atoms with E-state index in [1.807, 2.05) is 0 Å². The molecule has 1 aliphatic rings. The minimum atomic E-state index is -1.22. The van der Waals surface area contributed by atoms with Crippen molar-refractivity contribution < 1.29 is 19.8 Å². The van der Waals surface area contributed by atoms with Gasteiger partial charge in [0.25, 0.3) is 0 Å². The third-order valence-corrected chi connectivity index (χ3v) is 2.93. The fourth-order valence-corrected chi connectivity index (χ4v) is 1.78. The molecule has 0 radical (unpaired) electrons. The van der Waals surface area contributed by atoms with Gasteiger partial charge in [0, 0.05) is 13.1 Å². The molecule has 2 atom stereocenters. The first-order valence-corrected chi connectivity index (χ1v) is 5.47. The van der Waals surface area contributed by atoms with E-state index in [2.05, 4.69) is 12.2 Å². The fourth-order valence-electron chi connectivity index (χ4n) is 1.78. The Morgan fingerprint density at radius 1 is 1.56 bits per heavy atom. The highest BCUT2D eigenvalue weighted by Gasteiger charge is 2.27. The number of nitrogens with zero attached hydrogens (tertiary/aromatic N) is 1. The van der Waals surface area contributed by atoms with Crippen LogP contribution in [0.25, 0.3) is 0 Å². The van der Waals surface area contributed by atoms with Crippen molar-refractivity contribution in [3.8, 4) is 0 Å². The number of carbonyl (C=O) groups excluding carboxylic acids is 1. The van der Waals surface area contributed by atoms with Crippen molar-refractivity contribution in [1.29, 1.82) is 0 Å². The Morgan fingerprint density at radius 2 is 2.25 bits per heavy atom. The fraction of sp³-hybridized carbons (Fsp3) is 0.800. The lowest BCUT2D eigenvalue weighted by Gasteiger charge is -2.19. The highest BCUT2D eigenvalue weighted by atomic mass is 16.4. The number of hydrogen-bond donors (Lipinski definition) is 3. The molecule has 1 saturated heterocycles. The maximum absolute atomic E-state index is 11.6. The molecular formula is C10H18N2O4. The molecule has 6 nitrogen and oxygen atoms in total. The predicted octanol–water partition coefficient (Wildman–Crippen LogP) is -0.127. The van der Waals surface area contributed by atoms with Crippen LogP contribution in [-0.4, -0.2) is 52.9 Å². The number of hydrogen-bond acceptors (Lipinski definition) is 3. The van der Waals surface area contributed by atoms with Crippen LogP contribution in [0.4, 0.5) is 4.79 Å². The van der Waals surface area contributed by atoms with Gasteiger partial charge in [0.2, 0.25) is 0 Å². The second kappa shape index (κ2) is 5.69. The molecule has 2 amide bonds. The van der Waals surface area contributed by atoms with Crippen LogP contribution < -0.4 is 5.32 Å². The van der Waals surface area contributed by atoms with E-state index in [4.69, 9.17) is 10.2 Å². The van der Waals surface area contributed by atoms with Crippen LogP contribution in [0.15, 0.2) is 0 Å². The number of aliphatic hydroxyl groups excluding tert-OH is 1. The molecule has 92 valence electrons. The van der Waals surface area contributed by atoms with E-state index < -0.39 is 24.6 Å². The Balaban J connectivity index is 2.43. The van der Waals surface area contributed by atoms with E-state index in [1.54, 1.807) is 4.90 Å². The molecule has 0 bridgehead atoms. The number of carboxylic acid groups (broad SMARTS) is 1. The van der Waals surface area contributed by atoms with Crippen LogP contribution in [0.5, 0.6) is 0 Å². The molecule has 6 heteroatoms. The molecule has 0 saturated carbocycles. The molecule has 2 unspecified atom stereocenters. The Morgan fingerprint density at radius 3 is 2.69 bits per heavy atom. The average Bonchev–Trinajstić information content (AvgIpc) is 2.73. The number of nitrogens with one attached hydrogen (secondary N) is 1. The highest BCUT2D eigenvalue weighted by molar-refractivity contribution is 5.82. The van der Waals surface area contributed by atoms with Crippen molar-refractivity contribution in [1.82, 2.24) is 10.2 Å². The van der Waals surface area contributed by atoms with Gasteiger partial charge in [-0.3, -0.25) is 0 Å². The van der Waals surface area contributed by atoms with E-state index in [0.717, 1.165) is 12.8 Å². The number of likely N-dealkylation sites (tertiary alicyclic amines) is 1. The molecule has 1 fully saturated rings. The zero-order valence-corrected chi connectivity index (χ0v) is 9.35. The molecule has 0 aromatic heterocycles. The first-order valence-electron chi connectivity index (χ1n) is 5.47. The monoisotopic (exact) mass is 230 g/mol. The molecule has 0 aromatic rings. The lowest BCUT2D eigenvalue weighted by molar-refractivity contribution is -0.140. The summed E-state index contributed by atoms with van der Waals surface area (Å²) in [6.45, 7) is 2.80. The number of rotatable bonds is 4. The Kier molecular flexibility index (Phi) is 4.54. The number of amides is 2. The van der Waals surface area contributed by atoms with E-state index in [0.29, 0.717) is 19.0 Å². The number of aliphatic carboxylic acids is 1. The zero-order chi connectivity index (χ0) is 12.1. The summed E-state index contributed by atoms with van der Waals surface area (Å²) in [5.74, 6) is -0.717. The van der Waals surface area contributed by atoms with Crippen LogP contribution in [0.2, 0.25) is 0 Å². The molecule has 3 N–H and O–H groups in total. The third kappa shape index (κ3) is 3.10. The van der Waals surface area contributed by atoms with Gasteiger partial charge in [-0.25, -0.2) is 9.59 Å². The summed E-state index contributed by atoms with van der Waals surface area (Å²) in [7, 11) is 0. The second-order valence-corrected chi connectivity index (χ2v) is 4.03. The van der Waals surface area contributed by atoms with Crippen LogP contribution in [0, 0.1) is 5.92 Å².